The molecule has 1 N–H and O–H groups in total. The van der Waals surface area contributed by atoms with Crippen LogP contribution in [0.25, 0.3) is 0 Å². The Hall–Kier alpha value is -1.88. The number of hydrogen-bond donors (Lipinski definition) is 1. The van der Waals surface area contributed by atoms with Crippen molar-refractivity contribution in [2.45, 2.75) is 51.3 Å². The molecule has 1 fully saturated rings. The van der Waals surface area contributed by atoms with Crippen molar-refractivity contribution in [3.8, 4) is 5.75 Å². The van der Waals surface area contributed by atoms with Crippen LogP contribution in [0.3, 0.4) is 0 Å². The second kappa shape index (κ2) is 10.2. The zero-order valence-electron chi connectivity index (χ0n) is 17.4. The third-order valence-electron chi connectivity index (χ3n) is 6.12. The van der Waals surface area contributed by atoms with Crippen LogP contribution in [0.1, 0.15) is 42.4 Å². The Morgan fingerprint density at radius 1 is 0.862 bits per heavy atom. The molecule has 1 saturated heterocycles. The van der Waals surface area contributed by atoms with Gasteiger partial charge in [0, 0.05) is 26.2 Å². The van der Waals surface area contributed by atoms with Crippen LogP contribution < -0.4 is 4.74 Å². The van der Waals surface area contributed by atoms with Gasteiger partial charge in [0.2, 0.25) is 0 Å². The first-order valence-corrected chi connectivity index (χ1v) is 11.2. The average Bonchev–Trinajstić information content (AvgIpc) is 3.01. The zero-order chi connectivity index (χ0) is 19.9. The fourth-order valence-corrected chi connectivity index (χ4v) is 4.54. The largest absolute Gasteiger partial charge is 0.491 e. The van der Waals surface area contributed by atoms with E-state index in [1.807, 2.05) is 6.07 Å². The first kappa shape index (κ1) is 20.4. The number of hydrogen-bond acceptors (Lipinski definition) is 4. The van der Waals surface area contributed by atoms with E-state index in [9.17, 15) is 5.11 Å². The van der Waals surface area contributed by atoms with Gasteiger partial charge in [-0.25, -0.2) is 0 Å². The summed E-state index contributed by atoms with van der Waals surface area (Å²) in [5, 5.41) is 10.4. The van der Waals surface area contributed by atoms with E-state index in [4.69, 9.17) is 4.74 Å². The van der Waals surface area contributed by atoms with Crippen molar-refractivity contribution in [2.75, 3.05) is 32.8 Å². The Morgan fingerprint density at radius 3 is 2.48 bits per heavy atom. The maximum atomic E-state index is 10.4. The fourth-order valence-electron chi connectivity index (χ4n) is 4.54. The first-order chi connectivity index (χ1) is 14.3. The molecule has 156 valence electrons. The van der Waals surface area contributed by atoms with E-state index in [-0.39, 0.29) is 0 Å². The first-order valence-electron chi connectivity index (χ1n) is 11.2. The molecular weight excluding hydrogens is 360 g/mol. The number of nitrogens with zero attached hydrogens (tertiary/aromatic N) is 2. The highest BCUT2D eigenvalue weighted by atomic mass is 16.5. The van der Waals surface area contributed by atoms with Crippen molar-refractivity contribution in [3.05, 3.63) is 65.2 Å². The maximum Gasteiger partial charge on any atom is 0.119 e. The minimum absolute atomic E-state index is 0.358. The van der Waals surface area contributed by atoms with Crippen LogP contribution in [0.4, 0.5) is 0 Å². The second-order valence-electron chi connectivity index (χ2n) is 8.56. The number of ether oxygens (including phenoxy) is 1. The summed E-state index contributed by atoms with van der Waals surface area (Å²) in [5.74, 6) is 0.856. The molecule has 29 heavy (non-hydrogen) atoms. The highest BCUT2D eigenvalue weighted by Crippen LogP contribution is 2.22. The Balaban J connectivity index is 1.26. The van der Waals surface area contributed by atoms with Gasteiger partial charge >= 0.3 is 0 Å². The average molecular weight is 395 g/mol. The monoisotopic (exact) mass is 394 g/mol. The molecule has 0 saturated carbocycles. The van der Waals surface area contributed by atoms with Crippen LogP contribution >= 0.6 is 0 Å². The number of aliphatic hydroxyl groups is 1. The lowest BCUT2D eigenvalue weighted by Gasteiger charge is -2.28. The van der Waals surface area contributed by atoms with Crippen LogP contribution in [0.5, 0.6) is 5.75 Å². The molecule has 2 aliphatic heterocycles. The SMILES string of the molecule is O[C@H](COc1cccc(CN2CCc3ccccc3C2)c1)CN1CCCCCC1. The lowest BCUT2D eigenvalue weighted by Crippen LogP contribution is -2.36. The highest BCUT2D eigenvalue weighted by Gasteiger charge is 2.17. The number of benzene rings is 2. The van der Waals surface area contributed by atoms with Gasteiger partial charge < -0.3 is 14.7 Å². The summed E-state index contributed by atoms with van der Waals surface area (Å²) in [6.07, 6.45) is 5.81. The molecule has 0 aliphatic carbocycles. The molecule has 4 rings (SSSR count). The van der Waals surface area contributed by atoms with E-state index >= 15 is 0 Å². The van der Waals surface area contributed by atoms with Crippen molar-refractivity contribution in [3.63, 3.8) is 0 Å². The number of β-amino-alcohol motifs (C(OH)–C–C–N with tert-alkyl or cyclic N) is 1. The Labute approximate surface area is 175 Å². The highest BCUT2D eigenvalue weighted by molar-refractivity contribution is 5.31. The summed E-state index contributed by atoms with van der Waals surface area (Å²) >= 11 is 0. The van der Waals surface area contributed by atoms with Crippen molar-refractivity contribution in [2.24, 2.45) is 0 Å². The smallest absolute Gasteiger partial charge is 0.119 e. The summed E-state index contributed by atoms with van der Waals surface area (Å²) in [6, 6.07) is 17.1. The predicted octanol–water partition coefficient (Wildman–Crippen LogP) is 3.86. The number of likely N-dealkylation sites (tertiary alicyclic amines) is 1. The van der Waals surface area contributed by atoms with E-state index in [0.29, 0.717) is 13.2 Å². The van der Waals surface area contributed by atoms with Gasteiger partial charge in [-0.2, -0.15) is 0 Å². The summed E-state index contributed by atoms with van der Waals surface area (Å²) in [4.78, 5) is 4.88. The minimum atomic E-state index is -0.435. The predicted molar refractivity (Wildman–Crippen MR) is 117 cm³/mol. The maximum absolute atomic E-state index is 10.4. The van der Waals surface area contributed by atoms with E-state index in [0.717, 1.165) is 44.9 Å². The fraction of sp³-hybridized carbons (Fsp3) is 0.520. The van der Waals surface area contributed by atoms with Crippen LogP contribution in [-0.4, -0.2) is 53.8 Å². The summed E-state index contributed by atoms with van der Waals surface area (Å²) in [6.45, 7) is 6.31. The molecule has 4 nitrogen and oxygen atoms in total. The van der Waals surface area contributed by atoms with Crippen LogP contribution in [0.15, 0.2) is 48.5 Å². The molecule has 2 heterocycles. The van der Waals surface area contributed by atoms with Crippen molar-refractivity contribution >= 4 is 0 Å². The van der Waals surface area contributed by atoms with Gasteiger partial charge in [-0.1, -0.05) is 49.2 Å². The topological polar surface area (TPSA) is 35.9 Å². The van der Waals surface area contributed by atoms with Crippen molar-refractivity contribution < 1.29 is 9.84 Å². The van der Waals surface area contributed by atoms with Gasteiger partial charge in [0.1, 0.15) is 18.5 Å². The Kier molecular flexibility index (Phi) is 7.20. The van der Waals surface area contributed by atoms with E-state index in [2.05, 4.69) is 52.3 Å². The van der Waals surface area contributed by atoms with E-state index in [1.165, 1.54) is 42.4 Å². The molecule has 0 bridgehead atoms. The van der Waals surface area contributed by atoms with Crippen molar-refractivity contribution in [1.29, 1.82) is 0 Å². The lowest BCUT2D eigenvalue weighted by atomic mass is 9.99. The van der Waals surface area contributed by atoms with Gasteiger partial charge in [0.25, 0.3) is 0 Å². The molecule has 0 aromatic heterocycles. The lowest BCUT2D eigenvalue weighted by molar-refractivity contribution is 0.0693. The normalized spacial score (nSPS) is 19.3. The third-order valence-corrected chi connectivity index (χ3v) is 6.12. The molecular formula is C25H34N2O2. The Bertz CT molecular complexity index is 771. The molecule has 0 spiro atoms. The second-order valence-corrected chi connectivity index (χ2v) is 8.56. The van der Waals surface area contributed by atoms with Gasteiger partial charge in [-0.3, -0.25) is 4.90 Å². The standard InChI is InChI=1S/C25H34N2O2/c28-24(19-26-13-5-1-2-6-14-26)20-29-25-11-7-8-21(16-25)17-27-15-12-22-9-3-4-10-23(22)18-27/h3-4,7-11,16,24,28H,1-2,5-6,12-15,17-20H2/t24-/m0/s1. The number of aliphatic hydroxyl groups excluding tert-OH is 1. The molecule has 2 aliphatic rings. The third kappa shape index (κ3) is 6.05. The van der Waals surface area contributed by atoms with E-state index in [1.54, 1.807) is 0 Å². The minimum Gasteiger partial charge on any atom is -0.491 e. The molecule has 2 aromatic rings. The summed E-state index contributed by atoms with van der Waals surface area (Å²) < 4.78 is 5.93. The molecule has 0 amide bonds. The summed E-state index contributed by atoms with van der Waals surface area (Å²) in [5.41, 5.74) is 4.20. The molecule has 0 radical (unpaired) electrons. The van der Waals surface area contributed by atoms with E-state index < -0.39 is 6.10 Å². The molecule has 0 unspecified atom stereocenters. The molecule has 2 aromatic carbocycles. The van der Waals surface area contributed by atoms with Crippen molar-refractivity contribution in [1.82, 2.24) is 9.80 Å². The summed E-state index contributed by atoms with van der Waals surface area (Å²) in [7, 11) is 0. The van der Waals surface area contributed by atoms with Crippen LogP contribution in [0, 0.1) is 0 Å². The Morgan fingerprint density at radius 2 is 1.66 bits per heavy atom. The van der Waals surface area contributed by atoms with Gasteiger partial charge in [-0.15, -0.1) is 0 Å². The van der Waals surface area contributed by atoms with Crippen LogP contribution in [-0.2, 0) is 19.5 Å². The number of fused-ring (bicyclic) bond motifs is 1. The van der Waals surface area contributed by atoms with Gasteiger partial charge in [0.05, 0.1) is 0 Å². The van der Waals surface area contributed by atoms with Gasteiger partial charge in [0.15, 0.2) is 0 Å². The number of rotatable bonds is 7. The molecule has 1 atom stereocenters. The quantitative estimate of drug-likeness (QED) is 0.774. The van der Waals surface area contributed by atoms with Gasteiger partial charge in [-0.05, 0) is 61.2 Å². The molecule has 4 heteroatoms. The zero-order valence-corrected chi connectivity index (χ0v) is 17.4. The van der Waals surface area contributed by atoms with Crippen LogP contribution in [0.2, 0.25) is 0 Å².